The Kier molecular flexibility index (Phi) is 5.83. The summed E-state index contributed by atoms with van der Waals surface area (Å²) in [6, 6.07) is 8.33. The van der Waals surface area contributed by atoms with Crippen molar-refractivity contribution in [3.05, 3.63) is 51.7 Å². The van der Waals surface area contributed by atoms with E-state index in [1.807, 2.05) is 24.1 Å². The van der Waals surface area contributed by atoms with E-state index in [0.717, 1.165) is 12.7 Å². The maximum atomic E-state index is 12.9. The van der Waals surface area contributed by atoms with Crippen LogP contribution in [0.1, 0.15) is 41.1 Å². The molecule has 2 aromatic rings. The van der Waals surface area contributed by atoms with Crippen molar-refractivity contribution in [3.63, 3.8) is 0 Å². The van der Waals surface area contributed by atoms with Crippen molar-refractivity contribution < 1.29 is 13.2 Å². The second-order valence-corrected chi connectivity index (χ2v) is 9.03. The van der Waals surface area contributed by atoms with Crippen LogP contribution < -0.4 is 0 Å². The van der Waals surface area contributed by atoms with Gasteiger partial charge in [0.25, 0.3) is 5.91 Å². The van der Waals surface area contributed by atoms with Crippen LogP contribution in [-0.2, 0) is 16.4 Å². The van der Waals surface area contributed by atoms with E-state index in [2.05, 4.69) is 13.0 Å². The molecule has 0 radical (unpaired) electrons. The van der Waals surface area contributed by atoms with E-state index >= 15 is 0 Å². The summed E-state index contributed by atoms with van der Waals surface area (Å²) >= 11 is 1.65. The van der Waals surface area contributed by atoms with Gasteiger partial charge in [-0.05, 0) is 61.5 Å². The summed E-state index contributed by atoms with van der Waals surface area (Å²) in [6.45, 7) is 6.71. The zero-order valence-electron chi connectivity index (χ0n) is 14.4. The SMILES string of the molecule is CC[C@H](C)N(Cc1sccc1C)C(=O)c1ccc(S(C)(=O)=O)cc1. The first-order valence-electron chi connectivity index (χ1n) is 7.88. The third-order valence-electron chi connectivity index (χ3n) is 4.20. The molecule has 0 spiro atoms. The van der Waals surface area contributed by atoms with Gasteiger partial charge in [0.05, 0.1) is 11.4 Å². The first-order valence-corrected chi connectivity index (χ1v) is 10.6. The van der Waals surface area contributed by atoms with Crippen LogP contribution in [0, 0.1) is 6.92 Å². The molecule has 1 aromatic carbocycles. The van der Waals surface area contributed by atoms with Crippen molar-refractivity contribution in [2.45, 2.75) is 44.7 Å². The largest absolute Gasteiger partial charge is 0.331 e. The van der Waals surface area contributed by atoms with Gasteiger partial charge in [-0.1, -0.05) is 6.92 Å². The Morgan fingerprint density at radius 1 is 1.21 bits per heavy atom. The van der Waals surface area contributed by atoms with Crippen molar-refractivity contribution in [3.8, 4) is 0 Å². The number of hydrogen-bond donors (Lipinski definition) is 0. The summed E-state index contributed by atoms with van der Waals surface area (Å²) in [6.07, 6.45) is 2.02. The Hall–Kier alpha value is -1.66. The second kappa shape index (κ2) is 7.49. The van der Waals surface area contributed by atoms with E-state index in [4.69, 9.17) is 0 Å². The average molecular weight is 366 g/mol. The van der Waals surface area contributed by atoms with E-state index < -0.39 is 9.84 Å². The molecule has 0 aliphatic rings. The van der Waals surface area contributed by atoms with Crippen LogP contribution >= 0.6 is 11.3 Å². The van der Waals surface area contributed by atoms with Crippen LogP contribution in [0.3, 0.4) is 0 Å². The van der Waals surface area contributed by atoms with E-state index in [0.29, 0.717) is 12.1 Å². The molecule has 0 saturated carbocycles. The summed E-state index contributed by atoms with van der Waals surface area (Å²) in [5.41, 5.74) is 1.70. The molecule has 0 unspecified atom stereocenters. The van der Waals surface area contributed by atoms with Gasteiger partial charge in [0.15, 0.2) is 9.84 Å². The van der Waals surface area contributed by atoms with E-state index in [1.165, 1.54) is 22.6 Å². The maximum absolute atomic E-state index is 12.9. The topological polar surface area (TPSA) is 54.5 Å². The van der Waals surface area contributed by atoms with Crippen LogP contribution in [0.4, 0.5) is 0 Å². The molecule has 6 heteroatoms. The molecule has 0 saturated heterocycles. The van der Waals surface area contributed by atoms with Crippen molar-refractivity contribution in [2.24, 2.45) is 0 Å². The highest BCUT2D eigenvalue weighted by atomic mass is 32.2. The lowest BCUT2D eigenvalue weighted by Gasteiger charge is -2.28. The highest BCUT2D eigenvalue weighted by Crippen LogP contribution is 2.22. The molecule has 2 rings (SSSR count). The van der Waals surface area contributed by atoms with Crippen molar-refractivity contribution in [1.29, 1.82) is 0 Å². The van der Waals surface area contributed by atoms with Crippen LogP contribution in [0.2, 0.25) is 0 Å². The standard InChI is InChI=1S/C18H23NO3S2/c1-5-14(3)19(12-17-13(2)10-11-23-17)18(20)15-6-8-16(9-7-15)24(4,21)22/h6-11,14H,5,12H2,1-4H3/t14-/m0/s1. The van der Waals surface area contributed by atoms with Gasteiger partial charge in [0.2, 0.25) is 0 Å². The fraction of sp³-hybridized carbons (Fsp3) is 0.389. The predicted molar refractivity (Wildman–Crippen MR) is 98.2 cm³/mol. The van der Waals surface area contributed by atoms with Crippen LogP contribution in [0.25, 0.3) is 0 Å². The van der Waals surface area contributed by atoms with Crippen LogP contribution in [0.15, 0.2) is 40.6 Å². The minimum Gasteiger partial charge on any atom is -0.331 e. The van der Waals surface area contributed by atoms with E-state index in [9.17, 15) is 13.2 Å². The van der Waals surface area contributed by atoms with Gasteiger partial charge in [-0.2, -0.15) is 0 Å². The normalized spacial score (nSPS) is 12.8. The number of hydrogen-bond acceptors (Lipinski definition) is 4. The molecule has 0 fully saturated rings. The number of nitrogens with zero attached hydrogens (tertiary/aromatic N) is 1. The number of benzene rings is 1. The molecule has 130 valence electrons. The molecular formula is C18H23NO3S2. The molecule has 1 atom stereocenters. The van der Waals surface area contributed by atoms with Crippen LogP contribution in [0.5, 0.6) is 0 Å². The summed E-state index contributed by atoms with van der Waals surface area (Å²) in [5.74, 6) is -0.0720. The van der Waals surface area contributed by atoms with Gasteiger partial charge in [-0.25, -0.2) is 8.42 Å². The predicted octanol–water partition coefficient (Wildman–Crippen LogP) is 3.90. The number of aryl methyl sites for hydroxylation is 1. The van der Waals surface area contributed by atoms with Crippen molar-refractivity contribution in [2.75, 3.05) is 6.26 Å². The Labute approximate surface area is 148 Å². The van der Waals surface area contributed by atoms with Crippen molar-refractivity contribution in [1.82, 2.24) is 4.90 Å². The molecule has 1 amide bonds. The number of amides is 1. The quantitative estimate of drug-likeness (QED) is 0.780. The molecule has 0 aliphatic heterocycles. The molecule has 0 N–H and O–H groups in total. The molecular weight excluding hydrogens is 342 g/mol. The van der Waals surface area contributed by atoms with Gasteiger partial charge in [0, 0.05) is 22.7 Å². The van der Waals surface area contributed by atoms with Gasteiger partial charge in [-0.15, -0.1) is 11.3 Å². The Morgan fingerprint density at radius 2 is 1.83 bits per heavy atom. The summed E-state index contributed by atoms with van der Waals surface area (Å²) in [5, 5.41) is 2.03. The number of carbonyl (C=O) groups excluding carboxylic acids is 1. The average Bonchev–Trinajstić information content (AvgIpc) is 2.95. The molecule has 4 nitrogen and oxygen atoms in total. The summed E-state index contributed by atoms with van der Waals surface area (Å²) in [4.78, 5) is 16.2. The second-order valence-electron chi connectivity index (χ2n) is 6.01. The number of sulfone groups is 1. The minimum atomic E-state index is -3.26. The smallest absolute Gasteiger partial charge is 0.254 e. The maximum Gasteiger partial charge on any atom is 0.254 e. The fourth-order valence-corrected chi connectivity index (χ4v) is 3.91. The first kappa shape index (κ1) is 18.7. The minimum absolute atomic E-state index is 0.0720. The molecule has 1 aromatic heterocycles. The third kappa shape index (κ3) is 4.24. The van der Waals surface area contributed by atoms with E-state index in [-0.39, 0.29) is 16.8 Å². The lowest BCUT2D eigenvalue weighted by atomic mass is 10.1. The highest BCUT2D eigenvalue weighted by molar-refractivity contribution is 7.90. The number of thiophene rings is 1. The zero-order chi connectivity index (χ0) is 17.9. The number of carbonyl (C=O) groups is 1. The third-order valence-corrected chi connectivity index (χ3v) is 6.33. The molecule has 0 aliphatic carbocycles. The molecule has 24 heavy (non-hydrogen) atoms. The van der Waals surface area contributed by atoms with Gasteiger partial charge < -0.3 is 4.90 Å². The van der Waals surface area contributed by atoms with Crippen molar-refractivity contribution >= 4 is 27.1 Å². The Balaban J connectivity index is 2.29. The summed E-state index contributed by atoms with van der Waals surface area (Å²) < 4.78 is 23.1. The fourth-order valence-electron chi connectivity index (χ4n) is 2.38. The first-order chi connectivity index (χ1) is 11.2. The molecule has 1 heterocycles. The lowest BCUT2D eigenvalue weighted by Crippen LogP contribution is -2.37. The van der Waals surface area contributed by atoms with Gasteiger partial charge >= 0.3 is 0 Å². The van der Waals surface area contributed by atoms with E-state index in [1.54, 1.807) is 23.5 Å². The zero-order valence-corrected chi connectivity index (χ0v) is 16.1. The van der Waals surface area contributed by atoms with Crippen LogP contribution in [-0.4, -0.2) is 31.5 Å². The summed E-state index contributed by atoms with van der Waals surface area (Å²) in [7, 11) is -3.26. The lowest BCUT2D eigenvalue weighted by molar-refractivity contribution is 0.0673. The highest BCUT2D eigenvalue weighted by Gasteiger charge is 2.22. The van der Waals surface area contributed by atoms with Gasteiger partial charge in [-0.3, -0.25) is 4.79 Å². The Morgan fingerprint density at radius 3 is 2.29 bits per heavy atom. The molecule has 0 bridgehead atoms. The number of rotatable bonds is 6. The monoisotopic (exact) mass is 365 g/mol. The van der Waals surface area contributed by atoms with Gasteiger partial charge in [0.1, 0.15) is 0 Å². The Bertz CT molecular complexity index is 807.